The van der Waals surface area contributed by atoms with Gasteiger partial charge in [0.25, 0.3) is 0 Å². The van der Waals surface area contributed by atoms with E-state index in [0.717, 1.165) is 18.7 Å². The lowest BCUT2D eigenvalue weighted by molar-refractivity contribution is 0.462. The summed E-state index contributed by atoms with van der Waals surface area (Å²) in [4.78, 5) is 9.11. The van der Waals surface area contributed by atoms with E-state index in [0.29, 0.717) is 0 Å². The van der Waals surface area contributed by atoms with E-state index in [1.54, 1.807) is 0 Å². The molecule has 0 N–H and O–H groups in total. The van der Waals surface area contributed by atoms with Crippen LogP contribution in [-0.4, -0.2) is 58.4 Å². The molecule has 95 valence electrons. The Balaban J connectivity index is 4.24. The summed E-state index contributed by atoms with van der Waals surface area (Å²) >= 11 is 0. The van der Waals surface area contributed by atoms with Crippen LogP contribution in [0.25, 0.3) is 0 Å². The summed E-state index contributed by atoms with van der Waals surface area (Å²) in [6, 6.07) is 0. The summed E-state index contributed by atoms with van der Waals surface area (Å²) in [7, 11) is 6.07. The fraction of sp³-hybridized carbons (Fsp3) is 0.917. The third kappa shape index (κ3) is 6.88. The van der Waals surface area contributed by atoms with Crippen LogP contribution in [0.5, 0.6) is 0 Å². The molecule has 0 aliphatic rings. The van der Waals surface area contributed by atoms with E-state index in [1.165, 1.54) is 19.3 Å². The van der Waals surface area contributed by atoms with E-state index < -0.39 is 0 Å². The molecule has 0 aliphatic carbocycles. The lowest BCUT2D eigenvalue weighted by atomic mass is 10.2. The van der Waals surface area contributed by atoms with E-state index >= 15 is 0 Å². The second-order valence-corrected chi connectivity index (χ2v) is 7.58. The van der Waals surface area contributed by atoms with Crippen LogP contribution >= 0.6 is 0 Å². The maximum atomic E-state index is 4.70. The summed E-state index contributed by atoms with van der Waals surface area (Å²) < 4.78 is 0. The molecule has 0 amide bonds. The number of hydrogen-bond acceptors (Lipinski definition) is 1. The van der Waals surface area contributed by atoms with Gasteiger partial charge in [-0.2, -0.15) is 0 Å². The molecule has 0 bridgehead atoms. The number of guanidine groups is 1. The molecule has 1 radical (unpaired) electrons. The summed E-state index contributed by atoms with van der Waals surface area (Å²) in [5, 5.41) is 0. The van der Waals surface area contributed by atoms with Crippen LogP contribution in [0.1, 0.15) is 26.2 Å². The second kappa shape index (κ2) is 8.62. The van der Waals surface area contributed by atoms with Crippen LogP contribution in [-0.2, 0) is 0 Å². The minimum absolute atomic E-state index is 0.227. The van der Waals surface area contributed by atoms with Gasteiger partial charge in [-0.05, 0) is 6.42 Å². The highest BCUT2D eigenvalue weighted by molar-refractivity contribution is 6.56. The molecule has 4 heteroatoms. The molecule has 0 saturated carbocycles. The van der Waals surface area contributed by atoms with Crippen molar-refractivity contribution in [2.45, 2.75) is 39.3 Å². The Morgan fingerprint density at radius 3 is 2.19 bits per heavy atom. The van der Waals surface area contributed by atoms with Crippen molar-refractivity contribution in [3.63, 3.8) is 0 Å². The average molecular weight is 242 g/mol. The smallest absolute Gasteiger partial charge is 0.195 e. The maximum Gasteiger partial charge on any atom is 0.195 e. The van der Waals surface area contributed by atoms with Crippen LogP contribution in [0.2, 0.25) is 13.1 Å². The van der Waals surface area contributed by atoms with E-state index in [-0.39, 0.29) is 8.80 Å². The summed E-state index contributed by atoms with van der Waals surface area (Å²) in [6.07, 6.45) is 4.91. The van der Waals surface area contributed by atoms with Gasteiger partial charge in [0.2, 0.25) is 0 Å². The molecule has 0 fully saturated rings. The third-order valence-corrected chi connectivity index (χ3v) is 3.42. The van der Waals surface area contributed by atoms with Crippen molar-refractivity contribution in [2.75, 3.05) is 33.9 Å². The molecule has 0 unspecified atom stereocenters. The maximum absolute atomic E-state index is 4.70. The molecule has 3 nitrogen and oxygen atoms in total. The molecule has 0 aliphatic heterocycles. The van der Waals surface area contributed by atoms with Crippen LogP contribution < -0.4 is 0 Å². The van der Waals surface area contributed by atoms with E-state index in [2.05, 4.69) is 51.0 Å². The van der Waals surface area contributed by atoms with Crippen molar-refractivity contribution in [2.24, 2.45) is 4.99 Å². The third-order valence-electron chi connectivity index (χ3n) is 2.31. The second-order valence-electron chi connectivity index (χ2n) is 4.85. The fourth-order valence-corrected chi connectivity index (χ4v) is 2.78. The van der Waals surface area contributed by atoms with Gasteiger partial charge in [0.15, 0.2) is 5.96 Å². The number of aliphatic imine (C=N–C) groups is 1. The topological polar surface area (TPSA) is 18.8 Å². The first kappa shape index (κ1) is 15.5. The highest BCUT2D eigenvalue weighted by Crippen LogP contribution is 1.98. The highest BCUT2D eigenvalue weighted by Gasteiger charge is 2.10. The number of rotatable bonds is 6. The molecule has 0 atom stereocenters. The van der Waals surface area contributed by atoms with Crippen molar-refractivity contribution in [3.8, 4) is 0 Å². The van der Waals surface area contributed by atoms with Gasteiger partial charge < -0.3 is 9.80 Å². The molecule has 0 heterocycles. The highest BCUT2D eigenvalue weighted by atomic mass is 28.3. The Labute approximate surface area is 103 Å². The molecule has 16 heavy (non-hydrogen) atoms. The molecular formula is C12H28N3Si. The van der Waals surface area contributed by atoms with Gasteiger partial charge in [-0.25, -0.2) is 0 Å². The zero-order valence-corrected chi connectivity index (χ0v) is 12.9. The predicted molar refractivity (Wildman–Crippen MR) is 75.6 cm³/mol. The fourth-order valence-electron chi connectivity index (χ4n) is 1.69. The molecule has 0 saturated heterocycles. The standard InChI is InChI=1S/C12H28N3Si/c1-7-8-9-10-13-12(14(2)3)15(4)11-16(5)6/h7-11H2,1-6H3. The minimum Gasteiger partial charge on any atom is -0.349 e. The SMILES string of the molecule is CCCCCN=C(N(C)C)N(C)C[Si](C)C. The molecular weight excluding hydrogens is 214 g/mol. The average Bonchev–Trinajstić information content (AvgIpc) is 2.15. The van der Waals surface area contributed by atoms with Crippen LogP contribution in [0.4, 0.5) is 0 Å². The van der Waals surface area contributed by atoms with Crippen molar-refractivity contribution in [1.82, 2.24) is 9.80 Å². The molecule has 0 aromatic heterocycles. The first-order chi connectivity index (χ1) is 7.49. The first-order valence-electron chi connectivity index (χ1n) is 6.21. The van der Waals surface area contributed by atoms with Crippen LogP contribution in [0.15, 0.2) is 4.99 Å². The van der Waals surface area contributed by atoms with Gasteiger partial charge in [-0.15, -0.1) is 0 Å². The zero-order chi connectivity index (χ0) is 12.6. The Kier molecular flexibility index (Phi) is 8.34. The van der Waals surface area contributed by atoms with Crippen molar-refractivity contribution in [3.05, 3.63) is 0 Å². The van der Waals surface area contributed by atoms with E-state index in [1.807, 2.05) is 0 Å². The summed E-state index contributed by atoms with van der Waals surface area (Å²) in [6.45, 7) is 7.86. The minimum atomic E-state index is -0.227. The lowest BCUT2D eigenvalue weighted by Gasteiger charge is -2.27. The first-order valence-corrected chi connectivity index (χ1v) is 8.91. The van der Waals surface area contributed by atoms with Crippen LogP contribution in [0, 0.1) is 0 Å². The monoisotopic (exact) mass is 242 g/mol. The molecule has 0 aromatic rings. The predicted octanol–water partition coefficient (Wildman–Crippen LogP) is 2.32. The summed E-state index contributed by atoms with van der Waals surface area (Å²) in [5.41, 5.74) is 0. The Bertz CT molecular complexity index is 202. The largest absolute Gasteiger partial charge is 0.349 e. The van der Waals surface area contributed by atoms with Gasteiger partial charge >= 0.3 is 0 Å². The molecule has 0 aromatic carbocycles. The van der Waals surface area contributed by atoms with Gasteiger partial charge in [-0.1, -0.05) is 32.9 Å². The Hall–Kier alpha value is -0.513. The van der Waals surface area contributed by atoms with Gasteiger partial charge in [0.05, 0.1) is 8.80 Å². The van der Waals surface area contributed by atoms with E-state index in [4.69, 9.17) is 4.99 Å². The number of hydrogen-bond donors (Lipinski definition) is 0. The number of unbranched alkanes of at least 4 members (excludes halogenated alkanes) is 2. The molecule has 0 spiro atoms. The summed E-state index contributed by atoms with van der Waals surface area (Å²) in [5.74, 6) is 1.13. The molecule has 0 rings (SSSR count). The lowest BCUT2D eigenvalue weighted by Crippen LogP contribution is -2.42. The van der Waals surface area contributed by atoms with Gasteiger partial charge in [-0.3, -0.25) is 4.99 Å². The van der Waals surface area contributed by atoms with Crippen molar-refractivity contribution in [1.29, 1.82) is 0 Å². The quantitative estimate of drug-likeness (QED) is 0.308. The van der Waals surface area contributed by atoms with Gasteiger partial charge in [0, 0.05) is 33.9 Å². The Morgan fingerprint density at radius 1 is 1.12 bits per heavy atom. The van der Waals surface area contributed by atoms with Crippen LogP contribution in [0.3, 0.4) is 0 Å². The van der Waals surface area contributed by atoms with Crippen molar-refractivity contribution >= 4 is 14.8 Å². The normalized spacial score (nSPS) is 12.1. The zero-order valence-electron chi connectivity index (χ0n) is 11.9. The van der Waals surface area contributed by atoms with Crippen molar-refractivity contribution < 1.29 is 0 Å². The van der Waals surface area contributed by atoms with E-state index in [9.17, 15) is 0 Å². The Morgan fingerprint density at radius 2 is 1.75 bits per heavy atom. The van der Waals surface area contributed by atoms with Gasteiger partial charge in [0.1, 0.15) is 0 Å². The number of nitrogens with zero attached hydrogens (tertiary/aromatic N) is 3.